The molecule has 3 heterocycles. The minimum absolute atomic E-state index is 0.0371. The standard InChI is InChI=1S/C13H20N5O9P/c1-25-3-2-13(9(20)8(6(4-19)26-13)27-28(22,23)24)18-5-15-7-10(18)16-12(14)17-11(7)21/h5-6,8-9,19-20H,2-4H2,1H3,(H2,22,23,24)(H3,14,16,17,21)/t6-,8-,9-,13-/m1/s1. The molecule has 3 rings (SSSR count). The van der Waals surface area contributed by atoms with Crippen molar-refractivity contribution in [2.45, 2.75) is 30.5 Å². The van der Waals surface area contributed by atoms with Crippen LogP contribution < -0.4 is 11.3 Å². The molecule has 0 spiro atoms. The van der Waals surface area contributed by atoms with Gasteiger partial charge in [0.2, 0.25) is 5.95 Å². The highest BCUT2D eigenvalue weighted by atomic mass is 31.2. The summed E-state index contributed by atoms with van der Waals surface area (Å²) in [5, 5.41) is 20.5. The Morgan fingerprint density at radius 2 is 2.21 bits per heavy atom. The van der Waals surface area contributed by atoms with Crippen LogP contribution in [0.4, 0.5) is 5.95 Å². The van der Waals surface area contributed by atoms with E-state index in [9.17, 15) is 19.6 Å². The van der Waals surface area contributed by atoms with Crippen LogP contribution in [-0.4, -0.2) is 78.2 Å². The van der Waals surface area contributed by atoms with Crippen molar-refractivity contribution in [1.29, 1.82) is 0 Å². The molecule has 1 saturated heterocycles. The van der Waals surface area contributed by atoms with Crippen LogP contribution in [0, 0.1) is 0 Å². The molecule has 15 heteroatoms. The molecule has 28 heavy (non-hydrogen) atoms. The quantitative estimate of drug-likeness (QED) is 0.258. The zero-order valence-electron chi connectivity index (χ0n) is 14.6. The second-order valence-electron chi connectivity index (χ2n) is 6.17. The first kappa shape index (κ1) is 20.8. The molecule has 1 aliphatic heterocycles. The van der Waals surface area contributed by atoms with Gasteiger partial charge in [-0.2, -0.15) is 4.98 Å². The molecular weight excluding hydrogens is 401 g/mol. The Kier molecular flexibility index (Phi) is 5.58. The van der Waals surface area contributed by atoms with Crippen molar-refractivity contribution >= 4 is 24.9 Å². The molecule has 7 N–H and O–H groups in total. The Bertz CT molecular complexity index is 958. The van der Waals surface area contributed by atoms with Crippen molar-refractivity contribution < 1.29 is 38.6 Å². The normalized spacial score (nSPS) is 28.2. The number of anilines is 1. The number of methoxy groups -OCH3 is 1. The molecule has 0 bridgehead atoms. The molecule has 0 amide bonds. The van der Waals surface area contributed by atoms with Crippen LogP contribution in [-0.2, 0) is 24.3 Å². The number of nitrogens with one attached hydrogen (secondary N) is 1. The van der Waals surface area contributed by atoms with E-state index >= 15 is 0 Å². The smallest absolute Gasteiger partial charge is 0.394 e. The van der Waals surface area contributed by atoms with Gasteiger partial charge in [0.15, 0.2) is 16.9 Å². The van der Waals surface area contributed by atoms with Crippen LogP contribution >= 0.6 is 7.82 Å². The first-order valence-electron chi connectivity index (χ1n) is 8.06. The minimum atomic E-state index is -5.02. The number of nitrogen functional groups attached to an aromatic ring is 1. The summed E-state index contributed by atoms with van der Waals surface area (Å²) in [6.45, 7) is -0.671. The van der Waals surface area contributed by atoms with Gasteiger partial charge >= 0.3 is 7.82 Å². The summed E-state index contributed by atoms with van der Waals surface area (Å²) >= 11 is 0. The van der Waals surface area contributed by atoms with E-state index in [0.29, 0.717) is 0 Å². The van der Waals surface area contributed by atoms with E-state index < -0.39 is 44.0 Å². The number of aliphatic hydroxyl groups excluding tert-OH is 2. The summed E-state index contributed by atoms with van der Waals surface area (Å²) in [6, 6.07) is 0. The van der Waals surface area contributed by atoms with Crippen molar-refractivity contribution in [3.8, 4) is 0 Å². The van der Waals surface area contributed by atoms with Crippen LogP contribution in [0.2, 0.25) is 0 Å². The highest BCUT2D eigenvalue weighted by molar-refractivity contribution is 7.46. The van der Waals surface area contributed by atoms with Gasteiger partial charge in [0.05, 0.1) is 19.5 Å². The summed E-state index contributed by atoms with van der Waals surface area (Å²) in [7, 11) is -3.63. The number of imidazole rings is 1. The number of aromatic amines is 1. The number of hydrogen-bond donors (Lipinski definition) is 6. The van der Waals surface area contributed by atoms with Crippen molar-refractivity contribution in [2.24, 2.45) is 0 Å². The molecule has 2 aromatic rings. The van der Waals surface area contributed by atoms with Crippen molar-refractivity contribution in [3.63, 3.8) is 0 Å². The van der Waals surface area contributed by atoms with Crippen LogP contribution in [0.15, 0.2) is 11.1 Å². The molecule has 0 radical (unpaired) electrons. The third kappa shape index (κ3) is 3.56. The summed E-state index contributed by atoms with van der Waals surface area (Å²) < 4.78 is 28.0. The van der Waals surface area contributed by atoms with E-state index in [1.807, 2.05) is 0 Å². The Labute approximate surface area is 157 Å². The average Bonchev–Trinajstić information content (AvgIpc) is 3.13. The summed E-state index contributed by atoms with van der Waals surface area (Å²) in [5.74, 6) is -0.213. The predicted molar refractivity (Wildman–Crippen MR) is 91.9 cm³/mol. The van der Waals surface area contributed by atoms with Crippen LogP contribution in [0.1, 0.15) is 6.42 Å². The molecule has 1 fully saturated rings. The number of nitrogens with two attached hydrogens (primary N) is 1. The molecule has 0 aromatic carbocycles. The summed E-state index contributed by atoms with van der Waals surface area (Å²) in [4.78, 5) is 40.6. The molecule has 1 aliphatic rings. The number of ether oxygens (including phenoxy) is 2. The van der Waals surface area contributed by atoms with E-state index in [-0.39, 0.29) is 30.1 Å². The molecule has 4 atom stereocenters. The van der Waals surface area contributed by atoms with Crippen LogP contribution in [0.5, 0.6) is 0 Å². The first-order chi connectivity index (χ1) is 13.1. The first-order valence-corrected chi connectivity index (χ1v) is 9.59. The lowest BCUT2D eigenvalue weighted by atomic mass is 9.99. The number of phosphoric acid groups is 1. The van der Waals surface area contributed by atoms with Gasteiger partial charge in [-0.05, 0) is 0 Å². The third-order valence-electron chi connectivity index (χ3n) is 4.43. The Hall–Kier alpha value is -1.90. The number of aliphatic hydroxyl groups is 2. The van der Waals surface area contributed by atoms with Crippen molar-refractivity contribution in [3.05, 3.63) is 16.7 Å². The fraction of sp³-hybridized carbons (Fsp3) is 0.615. The fourth-order valence-corrected chi connectivity index (χ4v) is 3.83. The maximum absolute atomic E-state index is 12.1. The summed E-state index contributed by atoms with van der Waals surface area (Å²) in [5.41, 5.74) is 3.07. The van der Waals surface area contributed by atoms with Gasteiger partial charge in [0.25, 0.3) is 5.56 Å². The number of H-pyrrole nitrogens is 1. The lowest BCUT2D eigenvalue weighted by molar-refractivity contribution is -0.157. The van der Waals surface area contributed by atoms with E-state index in [2.05, 4.69) is 19.5 Å². The van der Waals surface area contributed by atoms with Gasteiger partial charge < -0.3 is 35.2 Å². The van der Waals surface area contributed by atoms with E-state index in [4.69, 9.17) is 25.0 Å². The lowest BCUT2D eigenvalue weighted by Gasteiger charge is -2.33. The maximum Gasteiger partial charge on any atom is 0.470 e. The van der Waals surface area contributed by atoms with Crippen LogP contribution in [0.25, 0.3) is 11.2 Å². The largest absolute Gasteiger partial charge is 0.470 e. The second kappa shape index (κ2) is 7.50. The molecule has 0 aliphatic carbocycles. The molecule has 2 aromatic heterocycles. The van der Waals surface area contributed by atoms with Crippen LogP contribution in [0.3, 0.4) is 0 Å². The van der Waals surface area contributed by atoms with Crippen molar-refractivity contribution in [1.82, 2.24) is 19.5 Å². The Balaban J connectivity index is 2.17. The Morgan fingerprint density at radius 1 is 1.50 bits per heavy atom. The molecular formula is C13H20N5O9P. The van der Waals surface area contributed by atoms with Gasteiger partial charge in [-0.25, -0.2) is 9.55 Å². The van der Waals surface area contributed by atoms with Gasteiger partial charge in [0, 0.05) is 13.5 Å². The van der Waals surface area contributed by atoms with E-state index in [1.165, 1.54) is 18.0 Å². The van der Waals surface area contributed by atoms with Gasteiger partial charge in [-0.15, -0.1) is 0 Å². The number of aromatic nitrogens is 4. The zero-order valence-corrected chi connectivity index (χ0v) is 15.5. The third-order valence-corrected chi connectivity index (χ3v) is 4.95. The minimum Gasteiger partial charge on any atom is -0.394 e. The van der Waals surface area contributed by atoms with Gasteiger partial charge in [-0.1, -0.05) is 0 Å². The summed E-state index contributed by atoms with van der Waals surface area (Å²) in [6.07, 6.45) is -3.45. The number of hydrogen-bond acceptors (Lipinski definition) is 10. The Morgan fingerprint density at radius 3 is 2.82 bits per heavy atom. The number of rotatable bonds is 7. The lowest BCUT2D eigenvalue weighted by Crippen LogP contribution is -2.47. The second-order valence-corrected chi connectivity index (χ2v) is 7.36. The number of phosphoric ester groups is 1. The van der Waals surface area contributed by atoms with Crippen molar-refractivity contribution in [2.75, 3.05) is 26.1 Å². The van der Waals surface area contributed by atoms with Gasteiger partial charge in [0.1, 0.15) is 18.3 Å². The fourth-order valence-electron chi connectivity index (χ4n) is 3.26. The molecule has 0 saturated carbocycles. The van der Waals surface area contributed by atoms with Gasteiger partial charge in [-0.3, -0.25) is 18.9 Å². The highest BCUT2D eigenvalue weighted by Gasteiger charge is 2.58. The molecule has 0 unspecified atom stereocenters. The monoisotopic (exact) mass is 421 g/mol. The molecule has 156 valence electrons. The number of nitrogens with zero attached hydrogens (tertiary/aromatic N) is 3. The SMILES string of the molecule is COCC[C@@]1(n2cnc3c(=O)[nH]c(N)nc32)O[C@H](CO)[C@@H](OP(=O)(O)O)[C@H]1O. The average molecular weight is 421 g/mol. The van der Waals surface area contributed by atoms with E-state index in [0.717, 1.165) is 0 Å². The topological polar surface area (TPSA) is 215 Å². The van der Waals surface area contributed by atoms with E-state index in [1.54, 1.807) is 0 Å². The highest BCUT2D eigenvalue weighted by Crippen LogP contribution is 2.47. The maximum atomic E-state index is 12.1. The molecule has 14 nitrogen and oxygen atoms in total. The predicted octanol–water partition coefficient (Wildman–Crippen LogP) is -2.38. The zero-order chi connectivity index (χ0) is 20.7. The number of fused-ring (bicyclic) bond motifs is 1.